The van der Waals surface area contributed by atoms with E-state index in [4.69, 9.17) is 14.5 Å². The maximum absolute atomic E-state index is 12.9. The third-order valence-corrected chi connectivity index (χ3v) is 6.48. The van der Waals surface area contributed by atoms with Gasteiger partial charge in [0.05, 0.1) is 11.4 Å². The molecule has 0 N–H and O–H groups in total. The predicted molar refractivity (Wildman–Crippen MR) is 130 cm³/mol. The minimum Gasteiger partial charge on any atom is -0.445 e. The van der Waals surface area contributed by atoms with E-state index in [0.717, 1.165) is 20.5 Å². The van der Waals surface area contributed by atoms with E-state index in [1.165, 1.54) is 0 Å². The molecular formula is C24H28IN3O4. The third kappa shape index (κ3) is 4.84. The second kappa shape index (κ2) is 8.88. The highest BCUT2D eigenvalue weighted by Crippen LogP contribution is 2.46. The van der Waals surface area contributed by atoms with Gasteiger partial charge in [-0.25, -0.2) is 9.59 Å². The number of rotatable bonds is 2. The molecule has 1 spiro atoms. The van der Waals surface area contributed by atoms with E-state index in [1.807, 2.05) is 63.4 Å². The summed E-state index contributed by atoms with van der Waals surface area (Å²) < 4.78 is 12.1. The molecule has 0 unspecified atom stereocenters. The van der Waals surface area contributed by atoms with E-state index in [-0.39, 0.29) is 24.2 Å². The molecule has 2 aliphatic rings. The summed E-state index contributed by atoms with van der Waals surface area (Å²) in [5, 5.41) is 0. The van der Waals surface area contributed by atoms with Gasteiger partial charge < -0.3 is 14.4 Å². The number of carbonyl (C=O) groups is 2. The van der Waals surface area contributed by atoms with Crippen molar-refractivity contribution in [3.8, 4) is 0 Å². The van der Waals surface area contributed by atoms with Gasteiger partial charge in [-0.3, -0.25) is 9.88 Å². The second-order valence-corrected chi connectivity index (χ2v) is 10.6. The number of hydrogen-bond acceptors (Lipinski definition) is 5. The van der Waals surface area contributed by atoms with Crippen molar-refractivity contribution in [2.24, 2.45) is 0 Å². The highest BCUT2D eigenvalue weighted by Gasteiger charge is 2.49. The summed E-state index contributed by atoms with van der Waals surface area (Å²) in [5.74, 6) is 0. The number of amides is 2. The zero-order chi connectivity index (χ0) is 22.9. The first-order valence-electron chi connectivity index (χ1n) is 10.8. The van der Waals surface area contributed by atoms with Crippen LogP contribution < -0.4 is 4.90 Å². The Morgan fingerprint density at radius 3 is 2.47 bits per heavy atom. The van der Waals surface area contributed by atoms with Crippen LogP contribution in [0.2, 0.25) is 0 Å². The molecule has 0 radical (unpaired) electrons. The maximum atomic E-state index is 12.9. The SMILES string of the molecule is CC(C)(C)OC(=O)N1CC2(CCN(C(=O)OCc3ccccc3)CC2)c2ncc(I)cc21. The summed E-state index contributed by atoms with van der Waals surface area (Å²) >= 11 is 2.21. The number of carbonyl (C=O) groups excluding carboxylic acids is 2. The molecule has 0 aliphatic carbocycles. The van der Waals surface area contributed by atoms with Gasteiger partial charge >= 0.3 is 12.2 Å². The number of halogens is 1. The van der Waals surface area contributed by atoms with Crippen molar-refractivity contribution in [1.29, 1.82) is 0 Å². The zero-order valence-electron chi connectivity index (χ0n) is 18.6. The summed E-state index contributed by atoms with van der Waals surface area (Å²) in [7, 11) is 0. The summed E-state index contributed by atoms with van der Waals surface area (Å²) in [6, 6.07) is 11.6. The number of benzene rings is 1. The first-order valence-corrected chi connectivity index (χ1v) is 11.9. The van der Waals surface area contributed by atoms with E-state index in [0.29, 0.717) is 32.5 Å². The molecule has 4 rings (SSSR count). The molecule has 0 atom stereocenters. The van der Waals surface area contributed by atoms with Crippen LogP contribution in [0.5, 0.6) is 0 Å². The fourth-order valence-electron chi connectivity index (χ4n) is 4.31. The molecule has 1 aromatic carbocycles. The molecule has 7 nitrogen and oxygen atoms in total. The number of nitrogens with zero attached hydrogens (tertiary/aromatic N) is 3. The number of ether oxygens (including phenoxy) is 2. The van der Waals surface area contributed by atoms with Crippen LogP contribution in [-0.2, 0) is 21.5 Å². The molecule has 1 fully saturated rings. The number of likely N-dealkylation sites (tertiary alicyclic amines) is 1. The van der Waals surface area contributed by atoms with Crippen LogP contribution in [0.4, 0.5) is 15.3 Å². The van der Waals surface area contributed by atoms with Crippen molar-refractivity contribution < 1.29 is 19.1 Å². The Morgan fingerprint density at radius 1 is 1.12 bits per heavy atom. The van der Waals surface area contributed by atoms with Gasteiger partial charge in [-0.2, -0.15) is 0 Å². The molecule has 8 heteroatoms. The molecule has 1 aromatic heterocycles. The van der Waals surface area contributed by atoms with Crippen molar-refractivity contribution in [2.45, 2.75) is 51.2 Å². The van der Waals surface area contributed by atoms with Gasteiger partial charge in [-0.05, 0) is 67.8 Å². The Hall–Kier alpha value is -2.36. The van der Waals surface area contributed by atoms with Crippen molar-refractivity contribution in [1.82, 2.24) is 9.88 Å². The molecule has 170 valence electrons. The Kier molecular flexibility index (Phi) is 6.33. The smallest absolute Gasteiger partial charge is 0.414 e. The van der Waals surface area contributed by atoms with Gasteiger partial charge in [0, 0.05) is 34.8 Å². The maximum Gasteiger partial charge on any atom is 0.414 e. The number of hydrogen-bond donors (Lipinski definition) is 0. The van der Waals surface area contributed by atoms with E-state index in [1.54, 1.807) is 9.80 Å². The number of pyridine rings is 1. The molecule has 3 heterocycles. The Labute approximate surface area is 202 Å². The molecule has 32 heavy (non-hydrogen) atoms. The Balaban J connectivity index is 1.45. The summed E-state index contributed by atoms with van der Waals surface area (Å²) in [6.45, 7) is 7.48. The lowest BCUT2D eigenvalue weighted by Gasteiger charge is -2.38. The van der Waals surface area contributed by atoms with E-state index in [9.17, 15) is 9.59 Å². The van der Waals surface area contributed by atoms with Crippen LogP contribution in [0.3, 0.4) is 0 Å². The van der Waals surface area contributed by atoms with Gasteiger partial charge in [0.2, 0.25) is 0 Å². The highest BCUT2D eigenvalue weighted by molar-refractivity contribution is 14.1. The average Bonchev–Trinajstić information content (AvgIpc) is 3.05. The van der Waals surface area contributed by atoms with Gasteiger partial charge in [0.1, 0.15) is 12.2 Å². The van der Waals surface area contributed by atoms with Gasteiger partial charge in [0.25, 0.3) is 0 Å². The quantitative estimate of drug-likeness (QED) is 0.487. The highest BCUT2D eigenvalue weighted by atomic mass is 127. The lowest BCUT2D eigenvalue weighted by molar-refractivity contribution is 0.0561. The largest absolute Gasteiger partial charge is 0.445 e. The minimum atomic E-state index is -0.575. The predicted octanol–water partition coefficient (Wildman–Crippen LogP) is 5.11. The van der Waals surface area contributed by atoms with E-state index < -0.39 is 5.60 Å². The standard InChI is InChI=1S/C24H28IN3O4/c1-23(2,3)32-22(30)28-16-24(20-19(28)13-18(25)14-26-20)9-11-27(12-10-24)21(29)31-15-17-7-5-4-6-8-17/h4-8,13-14H,9-12,15-16H2,1-3H3. The topological polar surface area (TPSA) is 72.0 Å². The molecule has 0 bridgehead atoms. The molecule has 1 saturated heterocycles. The number of aromatic nitrogens is 1. The lowest BCUT2D eigenvalue weighted by Crippen LogP contribution is -2.48. The van der Waals surface area contributed by atoms with Crippen LogP contribution in [0.15, 0.2) is 42.6 Å². The van der Waals surface area contributed by atoms with Gasteiger partial charge in [0.15, 0.2) is 0 Å². The van der Waals surface area contributed by atoms with Crippen molar-refractivity contribution in [3.63, 3.8) is 0 Å². The average molecular weight is 549 g/mol. The van der Waals surface area contributed by atoms with E-state index >= 15 is 0 Å². The molecule has 2 aliphatic heterocycles. The second-order valence-electron chi connectivity index (χ2n) is 9.40. The minimum absolute atomic E-state index is 0.260. The fourth-order valence-corrected chi connectivity index (χ4v) is 4.74. The molecular weight excluding hydrogens is 521 g/mol. The molecule has 0 saturated carbocycles. The first kappa shape index (κ1) is 22.8. The van der Waals surface area contributed by atoms with Gasteiger partial charge in [-0.1, -0.05) is 30.3 Å². The summed E-state index contributed by atoms with van der Waals surface area (Å²) in [5.41, 5.74) is 1.83. The monoisotopic (exact) mass is 549 g/mol. The van der Waals surface area contributed by atoms with E-state index in [2.05, 4.69) is 22.6 Å². The number of fused-ring (bicyclic) bond motifs is 2. The molecule has 2 amide bonds. The Bertz CT molecular complexity index is 998. The van der Waals surface area contributed by atoms with Gasteiger partial charge in [-0.15, -0.1) is 0 Å². The van der Waals surface area contributed by atoms with Crippen molar-refractivity contribution >= 4 is 40.5 Å². The summed E-state index contributed by atoms with van der Waals surface area (Å²) in [4.78, 5) is 33.7. The first-order chi connectivity index (χ1) is 15.2. The van der Waals surface area contributed by atoms with Crippen LogP contribution in [-0.4, -0.2) is 47.3 Å². The third-order valence-electron chi connectivity index (χ3n) is 5.89. The number of piperidine rings is 1. The van der Waals surface area contributed by atoms with Crippen LogP contribution in [0, 0.1) is 3.57 Å². The van der Waals surface area contributed by atoms with Crippen molar-refractivity contribution in [2.75, 3.05) is 24.5 Å². The fraction of sp³-hybridized carbons (Fsp3) is 0.458. The normalized spacial score (nSPS) is 17.2. The Morgan fingerprint density at radius 2 is 1.81 bits per heavy atom. The van der Waals surface area contributed by atoms with Crippen LogP contribution in [0.25, 0.3) is 0 Å². The number of anilines is 1. The molecule has 2 aromatic rings. The van der Waals surface area contributed by atoms with Crippen LogP contribution in [0.1, 0.15) is 44.9 Å². The summed E-state index contributed by atoms with van der Waals surface area (Å²) in [6.07, 6.45) is 2.60. The zero-order valence-corrected chi connectivity index (χ0v) is 20.8. The van der Waals surface area contributed by atoms with Crippen LogP contribution >= 0.6 is 22.6 Å². The van der Waals surface area contributed by atoms with Crippen molar-refractivity contribution in [3.05, 3.63) is 57.4 Å². The lowest BCUT2D eigenvalue weighted by atomic mass is 9.77.